The Balaban J connectivity index is 1.59. The zero-order valence-electron chi connectivity index (χ0n) is 13.9. The van der Waals surface area contributed by atoms with Gasteiger partial charge in [-0.15, -0.1) is 0 Å². The summed E-state index contributed by atoms with van der Waals surface area (Å²) in [6, 6.07) is 13.0. The molecule has 0 spiro atoms. The van der Waals surface area contributed by atoms with Crippen LogP contribution in [0, 0.1) is 5.82 Å². The molecule has 1 aromatic heterocycles. The smallest absolute Gasteiger partial charge is 0.331 e. The Morgan fingerprint density at radius 3 is 2.73 bits per heavy atom. The first-order valence-electron chi connectivity index (χ1n) is 7.72. The maximum Gasteiger partial charge on any atom is 0.331 e. The molecule has 0 bridgehead atoms. The Kier molecular flexibility index (Phi) is 5.38. The molecule has 7 heteroatoms. The topological polar surface area (TPSA) is 74.5 Å². The second-order valence-corrected chi connectivity index (χ2v) is 5.20. The second-order valence-electron chi connectivity index (χ2n) is 5.20. The minimum absolute atomic E-state index is 0.158. The first-order chi connectivity index (χ1) is 12.7. The number of carbonyl (C=O) groups is 1. The number of hydrogen-bond acceptors (Lipinski definition) is 6. The lowest BCUT2D eigenvalue weighted by Gasteiger charge is -2.03. The molecule has 0 aliphatic heterocycles. The molecule has 0 saturated heterocycles. The van der Waals surface area contributed by atoms with Crippen LogP contribution in [-0.2, 0) is 16.1 Å². The Labute approximate surface area is 148 Å². The summed E-state index contributed by atoms with van der Waals surface area (Å²) in [4.78, 5) is 15.9. The predicted octanol–water partition coefficient (Wildman–Crippen LogP) is 3.64. The Bertz CT molecular complexity index is 919. The summed E-state index contributed by atoms with van der Waals surface area (Å²) in [7, 11) is 1.55. The number of benzene rings is 2. The molecule has 0 saturated carbocycles. The van der Waals surface area contributed by atoms with Gasteiger partial charge in [-0.3, -0.25) is 0 Å². The van der Waals surface area contributed by atoms with Gasteiger partial charge in [0.05, 0.1) is 12.7 Å². The van der Waals surface area contributed by atoms with E-state index in [4.69, 9.17) is 14.0 Å². The third-order valence-corrected chi connectivity index (χ3v) is 3.44. The summed E-state index contributed by atoms with van der Waals surface area (Å²) >= 11 is 0. The van der Waals surface area contributed by atoms with Crippen molar-refractivity contribution in [1.82, 2.24) is 10.1 Å². The van der Waals surface area contributed by atoms with E-state index in [-0.39, 0.29) is 18.3 Å². The maximum absolute atomic E-state index is 12.8. The van der Waals surface area contributed by atoms with Crippen molar-refractivity contribution in [3.63, 3.8) is 0 Å². The van der Waals surface area contributed by atoms with Gasteiger partial charge in [-0.1, -0.05) is 29.4 Å². The van der Waals surface area contributed by atoms with Crippen molar-refractivity contribution in [2.45, 2.75) is 6.61 Å². The molecule has 6 nitrogen and oxygen atoms in total. The number of aromatic nitrogens is 2. The van der Waals surface area contributed by atoms with E-state index < -0.39 is 5.97 Å². The van der Waals surface area contributed by atoms with Crippen LogP contribution in [0.1, 0.15) is 11.5 Å². The van der Waals surface area contributed by atoms with Crippen molar-refractivity contribution < 1.29 is 23.2 Å². The number of halogens is 1. The lowest BCUT2D eigenvalue weighted by molar-refractivity contribution is -0.139. The van der Waals surface area contributed by atoms with Crippen LogP contribution in [-0.4, -0.2) is 23.2 Å². The van der Waals surface area contributed by atoms with Crippen molar-refractivity contribution in [2.75, 3.05) is 7.11 Å². The van der Waals surface area contributed by atoms with Gasteiger partial charge >= 0.3 is 5.97 Å². The number of methoxy groups -OCH3 is 1. The summed E-state index contributed by atoms with van der Waals surface area (Å²) in [6.07, 6.45) is 2.76. The molecule has 0 amide bonds. The molecule has 1 heterocycles. The van der Waals surface area contributed by atoms with Gasteiger partial charge < -0.3 is 14.0 Å². The molecule has 0 aliphatic rings. The third-order valence-electron chi connectivity index (χ3n) is 3.44. The van der Waals surface area contributed by atoms with Crippen LogP contribution in [0.25, 0.3) is 17.5 Å². The van der Waals surface area contributed by atoms with Gasteiger partial charge in [-0.2, -0.15) is 4.98 Å². The van der Waals surface area contributed by atoms with Gasteiger partial charge in [0.2, 0.25) is 5.82 Å². The van der Waals surface area contributed by atoms with E-state index in [9.17, 15) is 9.18 Å². The SMILES string of the molecule is COc1ccccc1-c1noc(COC(=O)/C=C/c2ccc(F)cc2)n1. The Hall–Kier alpha value is -3.48. The summed E-state index contributed by atoms with van der Waals surface area (Å²) in [5.41, 5.74) is 1.35. The summed E-state index contributed by atoms with van der Waals surface area (Å²) in [5, 5.41) is 3.86. The molecule has 3 rings (SSSR count). The fourth-order valence-corrected chi connectivity index (χ4v) is 2.17. The second kappa shape index (κ2) is 8.06. The largest absolute Gasteiger partial charge is 0.496 e. The molecule has 0 radical (unpaired) electrons. The van der Waals surface area contributed by atoms with Crippen LogP contribution in [0.4, 0.5) is 4.39 Å². The van der Waals surface area contributed by atoms with Crippen molar-refractivity contribution >= 4 is 12.0 Å². The Morgan fingerprint density at radius 2 is 1.96 bits per heavy atom. The first-order valence-corrected chi connectivity index (χ1v) is 7.72. The molecular formula is C19H15FN2O4. The average molecular weight is 354 g/mol. The molecule has 0 fully saturated rings. The molecule has 2 aromatic carbocycles. The standard InChI is InChI=1S/C19H15FN2O4/c1-24-16-5-3-2-4-15(16)19-21-17(26-22-19)12-25-18(23)11-8-13-6-9-14(20)10-7-13/h2-11H,12H2,1H3/b11-8+. The van der Waals surface area contributed by atoms with Gasteiger partial charge in [-0.25, -0.2) is 9.18 Å². The monoisotopic (exact) mass is 354 g/mol. The highest BCUT2D eigenvalue weighted by Crippen LogP contribution is 2.27. The zero-order chi connectivity index (χ0) is 18.4. The summed E-state index contributed by atoms with van der Waals surface area (Å²) < 4.78 is 28.2. The molecule has 0 atom stereocenters. The van der Waals surface area contributed by atoms with E-state index in [0.29, 0.717) is 22.7 Å². The molecule has 0 aliphatic carbocycles. The summed E-state index contributed by atoms with van der Waals surface area (Å²) in [6.45, 7) is -0.158. The highest BCUT2D eigenvalue weighted by Gasteiger charge is 2.13. The van der Waals surface area contributed by atoms with Crippen LogP contribution in [0.5, 0.6) is 5.75 Å². The number of carbonyl (C=O) groups excluding carboxylic acids is 1. The van der Waals surface area contributed by atoms with Crippen LogP contribution in [0.15, 0.2) is 59.1 Å². The lowest BCUT2D eigenvalue weighted by Crippen LogP contribution is -2.01. The highest BCUT2D eigenvalue weighted by molar-refractivity contribution is 5.86. The average Bonchev–Trinajstić information content (AvgIpc) is 3.14. The molecule has 26 heavy (non-hydrogen) atoms. The molecule has 132 valence electrons. The highest BCUT2D eigenvalue weighted by atomic mass is 19.1. The van der Waals surface area contributed by atoms with Crippen LogP contribution < -0.4 is 4.74 Å². The Morgan fingerprint density at radius 1 is 1.19 bits per heavy atom. The molecular weight excluding hydrogens is 339 g/mol. The van der Waals surface area contributed by atoms with E-state index >= 15 is 0 Å². The van der Waals surface area contributed by atoms with Gasteiger partial charge in [0, 0.05) is 6.08 Å². The fourth-order valence-electron chi connectivity index (χ4n) is 2.17. The van der Waals surface area contributed by atoms with Crippen LogP contribution in [0.3, 0.4) is 0 Å². The van der Waals surface area contributed by atoms with Crippen LogP contribution in [0.2, 0.25) is 0 Å². The number of rotatable bonds is 6. The normalized spacial score (nSPS) is 10.8. The van der Waals surface area contributed by atoms with Gasteiger partial charge in [-0.05, 0) is 35.9 Å². The first kappa shape index (κ1) is 17.3. The van der Waals surface area contributed by atoms with Gasteiger partial charge in [0.1, 0.15) is 11.6 Å². The molecule has 0 unspecified atom stereocenters. The summed E-state index contributed by atoms with van der Waals surface area (Å²) in [5.74, 6) is 0.196. The quantitative estimate of drug-likeness (QED) is 0.497. The zero-order valence-corrected chi connectivity index (χ0v) is 13.9. The molecule has 0 N–H and O–H groups in total. The third kappa shape index (κ3) is 4.32. The fraction of sp³-hybridized carbons (Fsp3) is 0.105. The van der Waals surface area contributed by atoms with Gasteiger partial charge in [0.25, 0.3) is 5.89 Å². The number of ether oxygens (including phenoxy) is 2. The van der Waals surface area contributed by atoms with Crippen molar-refractivity contribution in [2.24, 2.45) is 0 Å². The van der Waals surface area contributed by atoms with E-state index in [1.807, 2.05) is 12.1 Å². The number of esters is 1. The van der Waals surface area contributed by atoms with Crippen molar-refractivity contribution in [3.05, 3.63) is 71.9 Å². The van der Waals surface area contributed by atoms with Crippen molar-refractivity contribution in [1.29, 1.82) is 0 Å². The van der Waals surface area contributed by atoms with Crippen LogP contribution >= 0.6 is 0 Å². The number of nitrogens with zero attached hydrogens (tertiary/aromatic N) is 2. The number of hydrogen-bond donors (Lipinski definition) is 0. The van der Waals surface area contributed by atoms with E-state index in [0.717, 1.165) is 0 Å². The van der Waals surface area contributed by atoms with E-state index in [2.05, 4.69) is 10.1 Å². The predicted molar refractivity (Wildman–Crippen MR) is 91.5 cm³/mol. The van der Waals surface area contributed by atoms with Crippen molar-refractivity contribution in [3.8, 4) is 17.1 Å². The number of para-hydroxylation sites is 1. The van der Waals surface area contributed by atoms with E-state index in [1.54, 1.807) is 31.4 Å². The minimum atomic E-state index is -0.577. The lowest BCUT2D eigenvalue weighted by atomic mass is 10.2. The van der Waals surface area contributed by atoms with E-state index in [1.165, 1.54) is 24.3 Å². The van der Waals surface area contributed by atoms with Gasteiger partial charge in [0.15, 0.2) is 6.61 Å². The maximum atomic E-state index is 12.8. The minimum Gasteiger partial charge on any atom is -0.496 e. The molecule has 3 aromatic rings.